The molecule has 1 fully saturated rings. The van der Waals surface area contributed by atoms with Crippen molar-refractivity contribution in [3.63, 3.8) is 0 Å². The van der Waals surface area contributed by atoms with Crippen molar-refractivity contribution >= 4 is 0 Å². The van der Waals surface area contributed by atoms with E-state index in [4.69, 9.17) is 0 Å². The van der Waals surface area contributed by atoms with Gasteiger partial charge in [-0.3, -0.25) is 4.74 Å². The van der Waals surface area contributed by atoms with Crippen LogP contribution in [0.1, 0.15) is 12.8 Å². The lowest BCUT2D eigenvalue weighted by atomic mass is 10.2. The molecule has 0 radical (unpaired) electrons. The van der Waals surface area contributed by atoms with E-state index in [0.717, 1.165) is 18.7 Å². The van der Waals surface area contributed by atoms with Gasteiger partial charge in [-0.2, -0.15) is 0 Å². The molecule has 2 nitrogen and oxygen atoms in total. The Morgan fingerprint density at radius 1 is 1.46 bits per heavy atom. The van der Waals surface area contributed by atoms with Crippen LogP contribution in [-0.2, 0) is 4.74 Å². The lowest BCUT2D eigenvalue weighted by Gasteiger charge is -2.15. The Morgan fingerprint density at radius 3 is 2.85 bits per heavy atom. The van der Waals surface area contributed by atoms with Crippen molar-refractivity contribution < 1.29 is 17.9 Å². The average molecular weight is 193 g/mol. The van der Waals surface area contributed by atoms with Crippen LogP contribution in [0.25, 0.3) is 0 Å². The Morgan fingerprint density at radius 2 is 2.23 bits per heavy atom. The summed E-state index contributed by atoms with van der Waals surface area (Å²) in [7, 11) is 0. The quantitative estimate of drug-likeness (QED) is 0.630. The third-order valence-electron chi connectivity index (χ3n) is 2.35. The van der Waals surface area contributed by atoms with E-state index in [0.29, 0.717) is 13.0 Å². The van der Waals surface area contributed by atoms with Crippen molar-refractivity contribution in [2.24, 2.45) is 0 Å². The van der Waals surface area contributed by atoms with E-state index in [-0.39, 0.29) is 0 Å². The van der Waals surface area contributed by atoms with E-state index in [9.17, 15) is 13.2 Å². The Hall–Kier alpha value is -0.710. The highest BCUT2D eigenvalue weighted by molar-refractivity contribution is 5.13. The summed E-state index contributed by atoms with van der Waals surface area (Å²) in [5, 5.41) is 0. The first-order valence-corrected chi connectivity index (χ1v) is 4.23. The minimum absolute atomic E-state index is 0.380. The standard InChI is InChI=1S/C8H10F3NO/c9-8(10,11)13-7-4-6-2-1-3-12(6)5-7/h2,7H,1,3-5H2. The van der Waals surface area contributed by atoms with Gasteiger partial charge in [-0.1, -0.05) is 6.08 Å². The van der Waals surface area contributed by atoms with Gasteiger partial charge in [-0.05, 0) is 6.42 Å². The molecular formula is C8H10F3NO. The molecule has 1 atom stereocenters. The highest BCUT2D eigenvalue weighted by Crippen LogP contribution is 2.31. The summed E-state index contributed by atoms with van der Waals surface area (Å²) in [6, 6.07) is 0. The van der Waals surface area contributed by atoms with Crippen LogP contribution in [-0.4, -0.2) is 30.5 Å². The molecule has 0 aliphatic carbocycles. The van der Waals surface area contributed by atoms with Crippen LogP contribution in [0.5, 0.6) is 0 Å². The number of rotatable bonds is 1. The molecule has 2 aliphatic heterocycles. The zero-order valence-corrected chi connectivity index (χ0v) is 6.97. The summed E-state index contributed by atoms with van der Waals surface area (Å²) in [5.41, 5.74) is 1.01. The van der Waals surface area contributed by atoms with Gasteiger partial charge in [0.15, 0.2) is 0 Å². The summed E-state index contributed by atoms with van der Waals surface area (Å²) in [4.78, 5) is 1.95. The second-order valence-electron chi connectivity index (χ2n) is 3.32. The maximum atomic E-state index is 11.8. The number of nitrogens with zero attached hydrogens (tertiary/aromatic N) is 1. The highest BCUT2D eigenvalue weighted by atomic mass is 19.4. The van der Waals surface area contributed by atoms with Crippen LogP contribution in [0.4, 0.5) is 13.2 Å². The summed E-state index contributed by atoms with van der Waals surface area (Å²) in [6.07, 6.45) is -1.86. The van der Waals surface area contributed by atoms with Crippen LogP contribution in [0.15, 0.2) is 11.8 Å². The fourth-order valence-electron chi connectivity index (χ4n) is 1.89. The molecule has 0 spiro atoms. The monoisotopic (exact) mass is 193 g/mol. The van der Waals surface area contributed by atoms with Crippen molar-refractivity contribution in [3.8, 4) is 0 Å². The number of hydrogen-bond donors (Lipinski definition) is 0. The van der Waals surface area contributed by atoms with Crippen LogP contribution >= 0.6 is 0 Å². The zero-order valence-electron chi connectivity index (χ0n) is 6.97. The number of hydrogen-bond acceptors (Lipinski definition) is 2. The predicted molar refractivity (Wildman–Crippen MR) is 39.8 cm³/mol. The fraction of sp³-hybridized carbons (Fsp3) is 0.750. The summed E-state index contributed by atoms with van der Waals surface area (Å²) in [5.74, 6) is 0. The molecule has 0 aromatic carbocycles. The molecule has 74 valence electrons. The van der Waals surface area contributed by atoms with Crippen molar-refractivity contribution in [1.29, 1.82) is 0 Å². The van der Waals surface area contributed by atoms with Gasteiger partial charge >= 0.3 is 6.36 Å². The van der Waals surface area contributed by atoms with Crippen LogP contribution in [0.3, 0.4) is 0 Å². The van der Waals surface area contributed by atoms with Gasteiger partial charge in [-0.15, -0.1) is 13.2 Å². The smallest absolute Gasteiger partial charge is 0.372 e. The Kier molecular flexibility index (Phi) is 1.98. The molecule has 1 saturated heterocycles. The predicted octanol–water partition coefficient (Wildman–Crippen LogP) is 1.88. The van der Waals surface area contributed by atoms with Gasteiger partial charge in [0.05, 0.1) is 6.10 Å². The van der Waals surface area contributed by atoms with Gasteiger partial charge in [0.1, 0.15) is 0 Å². The molecule has 0 aromatic heterocycles. The Bertz CT molecular complexity index is 236. The van der Waals surface area contributed by atoms with Gasteiger partial charge < -0.3 is 4.90 Å². The van der Waals surface area contributed by atoms with E-state index in [1.165, 1.54) is 0 Å². The maximum Gasteiger partial charge on any atom is 0.522 e. The highest BCUT2D eigenvalue weighted by Gasteiger charge is 2.38. The molecule has 0 aromatic rings. The van der Waals surface area contributed by atoms with Crippen LogP contribution in [0.2, 0.25) is 0 Å². The van der Waals surface area contributed by atoms with E-state index in [1.54, 1.807) is 0 Å². The van der Waals surface area contributed by atoms with E-state index >= 15 is 0 Å². The minimum Gasteiger partial charge on any atom is -0.372 e. The third-order valence-corrected chi connectivity index (χ3v) is 2.35. The first-order chi connectivity index (χ1) is 6.04. The summed E-state index contributed by atoms with van der Waals surface area (Å²) >= 11 is 0. The van der Waals surface area contributed by atoms with E-state index < -0.39 is 12.5 Å². The van der Waals surface area contributed by atoms with Crippen LogP contribution < -0.4 is 0 Å². The topological polar surface area (TPSA) is 12.5 Å². The lowest BCUT2D eigenvalue weighted by Crippen LogP contribution is -2.27. The molecule has 13 heavy (non-hydrogen) atoms. The SMILES string of the molecule is FC(F)(F)OC1CC2=CCCN2C1. The molecule has 0 N–H and O–H groups in total. The van der Waals surface area contributed by atoms with E-state index in [1.807, 2.05) is 11.0 Å². The largest absolute Gasteiger partial charge is 0.522 e. The first-order valence-electron chi connectivity index (χ1n) is 4.23. The molecule has 2 rings (SSSR count). The van der Waals surface area contributed by atoms with Gasteiger partial charge in [0.2, 0.25) is 0 Å². The van der Waals surface area contributed by atoms with Crippen molar-refractivity contribution in [2.75, 3.05) is 13.1 Å². The van der Waals surface area contributed by atoms with Crippen molar-refractivity contribution in [2.45, 2.75) is 25.3 Å². The van der Waals surface area contributed by atoms with Crippen LogP contribution in [0, 0.1) is 0 Å². The Balaban J connectivity index is 1.92. The zero-order chi connectivity index (χ0) is 9.47. The molecule has 0 amide bonds. The Labute approximate surface area is 74.0 Å². The van der Waals surface area contributed by atoms with Crippen molar-refractivity contribution in [3.05, 3.63) is 11.8 Å². The number of ether oxygens (including phenoxy) is 1. The summed E-state index contributed by atoms with van der Waals surface area (Å²) < 4.78 is 39.4. The molecular weight excluding hydrogens is 183 g/mol. The van der Waals surface area contributed by atoms with Gasteiger partial charge in [0.25, 0.3) is 0 Å². The second kappa shape index (κ2) is 2.90. The van der Waals surface area contributed by atoms with Crippen molar-refractivity contribution in [1.82, 2.24) is 4.90 Å². The molecule has 0 bridgehead atoms. The second-order valence-corrected chi connectivity index (χ2v) is 3.32. The summed E-state index contributed by atoms with van der Waals surface area (Å²) in [6.45, 7) is 1.22. The van der Waals surface area contributed by atoms with Gasteiger partial charge in [0, 0.05) is 25.2 Å². The molecule has 2 aliphatic rings. The normalized spacial score (nSPS) is 27.8. The molecule has 2 heterocycles. The third kappa shape index (κ3) is 1.96. The first kappa shape index (κ1) is 8.87. The molecule has 0 saturated carbocycles. The minimum atomic E-state index is -4.50. The number of alkyl halides is 3. The molecule has 1 unspecified atom stereocenters. The average Bonchev–Trinajstić information content (AvgIpc) is 2.40. The lowest BCUT2D eigenvalue weighted by molar-refractivity contribution is -0.340. The van der Waals surface area contributed by atoms with E-state index in [2.05, 4.69) is 4.74 Å². The number of halogens is 3. The fourth-order valence-corrected chi connectivity index (χ4v) is 1.89. The number of fused-ring (bicyclic) bond motifs is 1. The maximum absolute atomic E-state index is 11.8. The molecule has 5 heteroatoms. The van der Waals surface area contributed by atoms with Gasteiger partial charge in [-0.25, -0.2) is 0 Å².